The predicted molar refractivity (Wildman–Crippen MR) is 92.9 cm³/mol. The van der Waals surface area contributed by atoms with E-state index in [9.17, 15) is 9.59 Å². The topological polar surface area (TPSA) is 77.1 Å². The quantitative estimate of drug-likeness (QED) is 0.794. The Kier molecular flexibility index (Phi) is 7.06. The molecule has 2 rings (SSSR count). The van der Waals surface area contributed by atoms with Crippen LogP contribution >= 0.6 is 0 Å². The van der Waals surface area contributed by atoms with Crippen LogP contribution in [0.2, 0.25) is 0 Å². The molecular weight excluding hydrogens is 324 g/mol. The minimum Gasteiger partial charge on any atom is -0.497 e. The van der Waals surface area contributed by atoms with Crippen LogP contribution in [0.1, 0.15) is 18.9 Å². The molecule has 1 aromatic rings. The van der Waals surface area contributed by atoms with Gasteiger partial charge in [-0.15, -0.1) is 0 Å². The number of morpholine rings is 1. The molecule has 0 aliphatic carbocycles. The van der Waals surface area contributed by atoms with Gasteiger partial charge in [-0.1, -0.05) is 0 Å². The highest BCUT2D eigenvalue weighted by atomic mass is 16.5. The average molecular weight is 350 g/mol. The summed E-state index contributed by atoms with van der Waals surface area (Å²) in [7, 11) is 3.17. The smallest absolute Gasteiger partial charge is 0.245 e. The average Bonchev–Trinajstić information content (AvgIpc) is 2.66. The molecule has 1 unspecified atom stereocenters. The molecule has 0 bridgehead atoms. The first-order chi connectivity index (χ1) is 12.0. The van der Waals surface area contributed by atoms with Crippen LogP contribution in [0.25, 0.3) is 0 Å². The monoisotopic (exact) mass is 350 g/mol. The molecule has 0 saturated carbocycles. The summed E-state index contributed by atoms with van der Waals surface area (Å²) in [6, 6.07) is 4.99. The lowest BCUT2D eigenvalue weighted by Gasteiger charge is -2.29. The van der Waals surface area contributed by atoms with E-state index in [1.807, 2.05) is 12.1 Å². The molecule has 1 heterocycles. The highest BCUT2D eigenvalue weighted by molar-refractivity contribution is 5.87. The molecular formula is C18H26N2O5. The number of rotatable bonds is 7. The lowest BCUT2D eigenvalue weighted by atomic mass is 10.1. The number of ether oxygens (including phenoxy) is 3. The van der Waals surface area contributed by atoms with Gasteiger partial charge in [-0.05, 0) is 31.0 Å². The third-order valence-electron chi connectivity index (χ3n) is 4.12. The molecule has 2 amide bonds. The summed E-state index contributed by atoms with van der Waals surface area (Å²) in [6.07, 6.45) is 0.828. The maximum Gasteiger partial charge on any atom is 0.245 e. The maximum atomic E-state index is 12.3. The van der Waals surface area contributed by atoms with Crippen molar-refractivity contribution in [3.8, 4) is 11.5 Å². The highest BCUT2D eigenvalue weighted by Crippen LogP contribution is 2.23. The summed E-state index contributed by atoms with van der Waals surface area (Å²) in [5.74, 6) is 1.15. The fourth-order valence-electron chi connectivity index (χ4n) is 2.70. The number of aryl methyl sites for hydroxylation is 1. The first-order valence-electron chi connectivity index (χ1n) is 8.41. The lowest BCUT2D eigenvalue weighted by molar-refractivity contribution is -0.139. The van der Waals surface area contributed by atoms with Crippen molar-refractivity contribution in [1.29, 1.82) is 0 Å². The molecule has 1 atom stereocenters. The predicted octanol–water partition coefficient (Wildman–Crippen LogP) is 1.000. The van der Waals surface area contributed by atoms with Crippen LogP contribution in [-0.2, 0) is 20.7 Å². The molecule has 7 nitrogen and oxygen atoms in total. The van der Waals surface area contributed by atoms with Crippen molar-refractivity contribution in [3.05, 3.63) is 23.8 Å². The second-order valence-electron chi connectivity index (χ2n) is 5.95. The second-order valence-corrected chi connectivity index (χ2v) is 5.95. The molecule has 0 radical (unpaired) electrons. The van der Waals surface area contributed by atoms with Crippen LogP contribution in [0.4, 0.5) is 0 Å². The molecule has 7 heteroatoms. The van der Waals surface area contributed by atoms with Crippen molar-refractivity contribution >= 4 is 11.8 Å². The molecule has 1 N–H and O–H groups in total. The lowest BCUT2D eigenvalue weighted by Crippen LogP contribution is -2.50. The number of carbonyl (C=O) groups excluding carboxylic acids is 2. The normalized spacial score (nSPS) is 15.4. The number of carbonyl (C=O) groups is 2. The molecule has 1 saturated heterocycles. The van der Waals surface area contributed by atoms with Gasteiger partial charge in [0.15, 0.2) is 0 Å². The Hall–Kier alpha value is -2.28. The zero-order chi connectivity index (χ0) is 18.2. The minimum absolute atomic E-state index is 0.0697. The van der Waals surface area contributed by atoms with Gasteiger partial charge in [-0.25, -0.2) is 0 Å². The fourth-order valence-corrected chi connectivity index (χ4v) is 2.70. The number of amides is 2. The molecule has 1 aliphatic rings. The van der Waals surface area contributed by atoms with Gasteiger partial charge in [0.05, 0.1) is 27.4 Å². The molecule has 1 aromatic carbocycles. The summed E-state index contributed by atoms with van der Waals surface area (Å²) in [6.45, 7) is 3.95. The first kappa shape index (κ1) is 19.1. The van der Waals surface area contributed by atoms with Gasteiger partial charge < -0.3 is 24.4 Å². The van der Waals surface area contributed by atoms with Gasteiger partial charge in [0, 0.05) is 25.6 Å². The third kappa shape index (κ3) is 5.63. The Morgan fingerprint density at radius 1 is 1.16 bits per heavy atom. The first-order valence-corrected chi connectivity index (χ1v) is 8.41. The van der Waals surface area contributed by atoms with E-state index in [-0.39, 0.29) is 18.2 Å². The summed E-state index contributed by atoms with van der Waals surface area (Å²) >= 11 is 0. The van der Waals surface area contributed by atoms with Crippen LogP contribution < -0.4 is 14.8 Å². The zero-order valence-corrected chi connectivity index (χ0v) is 15.0. The largest absolute Gasteiger partial charge is 0.497 e. The van der Waals surface area contributed by atoms with Crippen LogP contribution in [-0.4, -0.2) is 63.3 Å². The fraction of sp³-hybridized carbons (Fsp3) is 0.556. The SMILES string of the molecule is COc1cc(CCC(=O)NC(C)C(=O)N2CCOCC2)cc(OC)c1. The van der Waals surface area contributed by atoms with Crippen molar-refractivity contribution in [2.24, 2.45) is 0 Å². The standard InChI is InChI=1S/C18H26N2O5/c1-13(18(22)20-6-8-25-9-7-20)19-17(21)5-4-14-10-15(23-2)12-16(11-14)24-3/h10-13H,4-9H2,1-3H3,(H,19,21). The van der Waals surface area contributed by atoms with Crippen LogP contribution in [0.3, 0.4) is 0 Å². The second kappa shape index (κ2) is 9.27. The summed E-state index contributed by atoms with van der Waals surface area (Å²) in [5, 5.41) is 2.77. The van der Waals surface area contributed by atoms with Gasteiger partial charge in [-0.2, -0.15) is 0 Å². The minimum atomic E-state index is -0.537. The molecule has 0 spiro atoms. The van der Waals surface area contributed by atoms with E-state index in [1.165, 1.54) is 0 Å². The van der Waals surface area contributed by atoms with Gasteiger partial charge in [-0.3, -0.25) is 9.59 Å². The van der Waals surface area contributed by atoms with Crippen LogP contribution in [0.15, 0.2) is 18.2 Å². The van der Waals surface area contributed by atoms with E-state index in [2.05, 4.69) is 5.32 Å². The van der Waals surface area contributed by atoms with E-state index < -0.39 is 6.04 Å². The summed E-state index contributed by atoms with van der Waals surface area (Å²) in [5.41, 5.74) is 0.943. The molecule has 1 fully saturated rings. The Bertz CT molecular complexity index is 577. The third-order valence-corrected chi connectivity index (χ3v) is 4.12. The van der Waals surface area contributed by atoms with E-state index in [1.54, 1.807) is 32.1 Å². The van der Waals surface area contributed by atoms with Crippen LogP contribution in [0.5, 0.6) is 11.5 Å². The highest BCUT2D eigenvalue weighted by Gasteiger charge is 2.23. The van der Waals surface area contributed by atoms with E-state index in [4.69, 9.17) is 14.2 Å². The van der Waals surface area contributed by atoms with Gasteiger partial charge >= 0.3 is 0 Å². The number of benzene rings is 1. The molecule has 1 aliphatic heterocycles. The molecule has 0 aromatic heterocycles. The van der Waals surface area contributed by atoms with E-state index in [0.29, 0.717) is 44.2 Å². The van der Waals surface area contributed by atoms with Crippen molar-refractivity contribution in [3.63, 3.8) is 0 Å². The summed E-state index contributed by atoms with van der Waals surface area (Å²) in [4.78, 5) is 26.2. The van der Waals surface area contributed by atoms with Crippen LogP contribution in [0, 0.1) is 0 Å². The zero-order valence-electron chi connectivity index (χ0n) is 15.0. The van der Waals surface area contributed by atoms with E-state index in [0.717, 1.165) is 5.56 Å². The summed E-state index contributed by atoms with van der Waals surface area (Å²) < 4.78 is 15.7. The van der Waals surface area contributed by atoms with Gasteiger partial charge in [0.2, 0.25) is 11.8 Å². The number of nitrogens with zero attached hydrogens (tertiary/aromatic N) is 1. The number of hydrogen-bond acceptors (Lipinski definition) is 5. The number of hydrogen-bond donors (Lipinski definition) is 1. The van der Waals surface area contributed by atoms with Gasteiger partial charge in [0.25, 0.3) is 0 Å². The molecule has 138 valence electrons. The Morgan fingerprint density at radius 2 is 1.76 bits per heavy atom. The number of nitrogens with one attached hydrogen (secondary N) is 1. The Balaban J connectivity index is 1.84. The van der Waals surface area contributed by atoms with Gasteiger partial charge in [0.1, 0.15) is 17.5 Å². The van der Waals surface area contributed by atoms with Crippen molar-refractivity contribution in [1.82, 2.24) is 10.2 Å². The maximum absolute atomic E-state index is 12.3. The van der Waals surface area contributed by atoms with E-state index >= 15 is 0 Å². The van der Waals surface area contributed by atoms with Crippen molar-refractivity contribution < 1.29 is 23.8 Å². The molecule has 25 heavy (non-hydrogen) atoms. The Labute approximate surface area is 148 Å². The Morgan fingerprint density at radius 3 is 2.32 bits per heavy atom. The van der Waals surface area contributed by atoms with Crippen molar-refractivity contribution in [2.45, 2.75) is 25.8 Å². The van der Waals surface area contributed by atoms with Crippen molar-refractivity contribution in [2.75, 3.05) is 40.5 Å². The number of methoxy groups -OCH3 is 2.